The zero-order chi connectivity index (χ0) is 22.9. The van der Waals surface area contributed by atoms with Gasteiger partial charge in [0.05, 0.1) is 46.9 Å². The molecule has 1 N–H and O–H groups in total. The van der Waals surface area contributed by atoms with Gasteiger partial charge in [-0.15, -0.1) is 0 Å². The van der Waals surface area contributed by atoms with Crippen molar-refractivity contribution in [2.24, 2.45) is 0 Å². The van der Waals surface area contributed by atoms with E-state index in [-0.39, 0.29) is 12.1 Å². The Labute approximate surface area is 208 Å². The minimum Gasteiger partial charge on any atom is -0.379 e. The number of thiocarbonyl (C=S) groups is 1. The fourth-order valence-corrected chi connectivity index (χ4v) is 6.12. The molecule has 6 rings (SSSR count). The number of pyridine rings is 1. The first-order valence-corrected chi connectivity index (χ1v) is 12.8. The van der Waals surface area contributed by atoms with Gasteiger partial charge < -0.3 is 15.0 Å². The van der Waals surface area contributed by atoms with Gasteiger partial charge >= 0.3 is 0 Å². The number of morpholine rings is 1. The van der Waals surface area contributed by atoms with E-state index >= 15 is 0 Å². The number of hydrogen-bond donors (Lipinski definition) is 1. The second kappa shape index (κ2) is 9.42. The molecule has 0 aliphatic carbocycles. The van der Waals surface area contributed by atoms with E-state index in [9.17, 15) is 0 Å². The molecule has 2 aliphatic heterocycles. The molecule has 5 heterocycles. The molecule has 0 saturated carbocycles. The molecule has 1 aromatic carbocycles. The van der Waals surface area contributed by atoms with Gasteiger partial charge in [-0.05, 0) is 48.6 Å². The molecule has 0 amide bonds. The molecule has 9 heteroatoms. The molecule has 7 nitrogen and oxygen atoms in total. The fraction of sp³-hybridized carbons (Fsp3) is 0.320. The molecular formula is C25H26N6OS2. The minimum atomic E-state index is -0.0404. The van der Waals surface area contributed by atoms with Crippen molar-refractivity contribution in [3.05, 3.63) is 78.4 Å². The van der Waals surface area contributed by atoms with Crippen molar-refractivity contribution in [3.8, 4) is 5.13 Å². The Balaban J connectivity index is 1.37. The molecule has 34 heavy (non-hydrogen) atoms. The normalized spacial score (nSPS) is 21.3. The number of benzene rings is 1. The van der Waals surface area contributed by atoms with Crippen LogP contribution in [0.25, 0.3) is 15.3 Å². The molecule has 2 atom stereocenters. The first kappa shape index (κ1) is 21.7. The summed E-state index contributed by atoms with van der Waals surface area (Å²) in [4.78, 5) is 14.4. The molecule has 174 valence electrons. The zero-order valence-electron chi connectivity index (χ0n) is 18.7. The fourth-order valence-electron chi connectivity index (χ4n) is 4.81. The third-order valence-corrected chi connectivity index (χ3v) is 7.92. The van der Waals surface area contributed by atoms with Crippen LogP contribution in [0.5, 0.6) is 0 Å². The van der Waals surface area contributed by atoms with Crippen LogP contribution in [0.15, 0.2) is 67.0 Å². The number of rotatable bonds is 6. The number of nitrogens with zero attached hydrogens (tertiary/aromatic N) is 5. The lowest BCUT2D eigenvalue weighted by Crippen LogP contribution is -2.42. The molecule has 0 spiro atoms. The molecule has 4 aromatic rings. The number of ether oxygens (including phenoxy) is 1. The Morgan fingerprint density at radius 1 is 1.03 bits per heavy atom. The van der Waals surface area contributed by atoms with Crippen LogP contribution in [0.2, 0.25) is 0 Å². The SMILES string of the molecule is S=C1N[C@@H](c2ccccn2)[C@@H](c2cccn2-c2nc3ccccc3s2)N1CCN1CCOCC1. The van der Waals surface area contributed by atoms with E-state index < -0.39 is 0 Å². The number of para-hydroxylation sites is 1. The van der Waals surface area contributed by atoms with Gasteiger partial charge in [0.2, 0.25) is 0 Å². The van der Waals surface area contributed by atoms with Gasteiger partial charge in [-0.25, -0.2) is 4.98 Å². The molecule has 2 saturated heterocycles. The van der Waals surface area contributed by atoms with Gasteiger partial charge in [0.1, 0.15) is 0 Å². The first-order chi connectivity index (χ1) is 16.8. The van der Waals surface area contributed by atoms with E-state index in [2.05, 4.69) is 67.3 Å². The Morgan fingerprint density at radius 2 is 1.88 bits per heavy atom. The van der Waals surface area contributed by atoms with Gasteiger partial charge in [0, 0.05) is 38.6 Å². The average molecular weight is 491 g/mol. The Morgan fingerprint density at radius 3 is 2.71 bits per heavy atom. The second-order valence-electron chi connectivity index (χ2n) is 8.54. The molecule has 3 aromatic heterocycles. The number of aromatic nitrogens is 3. The summed E-state index contributed by atoms with van der Waals surface area (Å²) < 4.78 is 8.92. The van der Waals surface area contributed by atoms with Crippen molar-refractivity contribution in [2.45, 2.75) is 12.1 Å². The summed E-state index contributed by atoms with van der Waals surface area (Å²) in [5.74, 6) is 0. The van der Waals surface area contributed by atoms with Crippen LogP contribution in [-0.2, 0) is 4.74 Å². The number of nitrogens with one attached hydrogen (secondary N) is 1. The smallest absolute Gasteiger partial charge is 0.194 e. The van der Waals surface area contributed by atoms with E-state index in [4.69, 9.17) is 21.9 Å². The van der Waals surface area contributed by atoms with Crippen LogP contribution in [0.4, 0.5) is 0 Å². The lowest BCUT2D eigenvalue weighted by Gasteiger charge is -2.32. The van der Waals surface area contributed by atoms with Crippen LogP contribution in [0.1, 0.15) is 23.5 Å². The van der Waals surface area contributed by atoms with Crippen LogP contribution in [0, 0.1) is 0 Å². The first-order valence-electron chi connectivity index (χ1n) is 11.6. The van der Waals surface area contributed by atoms with Gasteiger partial charge in [0.25, 0.3) is 0 Å². The molecule has 2 aliphatic rings. The van der Waals surface area contributed by atoms with Gasteiger partial charge in [-0.3, -0.25) is 14.5 Å². The summed E-state index contributed by atoms with van der Waals surface area (Å²) in [6, 6.07) is 18.6. The third kappa shape index (κ3) is 4.09. The maximum atomic E-state index is 5.87. The largest absolute Gasteiger partial charge is 0.379 e. The maximum absolute atomic E-state index is 5.87. The number of fused-ring (bicyclic) bond motifs is 1. The van der Waals surface area contributed by atoms with Crippen LogP contribution in [0.3, 0.4) is 0 Å². The topological polar surface area (TPSA) is 58.5 Å². The molecular weight excluding hydrogens is 464 g/mol. The van der Waals surface area contributed by atoms with Gasteiger partial charge in [-0.2, -0.15) is 0 Å². The van der Waals surface area contributed by atoms with Crippen molar-refractivity contribution in [2.75, 3.05) is 39.4 Å². The summed E-state index contributed by atoms with van der Waals surface area (Å²) in [6.07, 6.45) is 3.95. The van der Waals surface area contributed by atoms with E-state index in [1.807, 2.05) is 24.4 Å². The number of thiazole rings is 1. The predicted octanol–water partition coefficient (Wildman–Crippen LogP) is 3.79. The summed E-state index contributed by atoms with van der Waals surface area (Å²) in [5, 5.41) is 5.31. The number of hydrogen-bond acceptors (Lipinski definition) is 6. The summed E-state index contributed by atoms with van der Waals surface area (Å²) in [5.41, 5.74) is 3.16. The molecule has 2 fully saturated rings. The van der Waals surface area contributed by atoms with Crippen molar-refractivity contribution in [1.82, 2.24) is 29.7 Å². The highest BCUT2D eigenvalue weighted by Crippen LogP contribution is 2.40. The van der Waals surface area contributed by atoms with E-state index in [0.29, 0.717) is 0 Å². The quantitative estimate of drug-likeness (QED) is 0.413. The molecule has 0 radical (unpaired) electrons. The zero-order valence-corrected chi connectivity index (χ0v) is 20.3. The van der Waals surface area contributed by atoms with Crippen LogP contribution >= 0.6 is 23.6 Å². The van der Waals surface area contributed by atoms with Crippen molar-refractivity contribution in [3.63, 3.8) is 0 Å². The highest BCUT2D eigenvalue weighted by Gasteiger charge is 2.41. The Hall–Kier alpha value is -2.85. The summed E-state index contributed by atoms with van der Waals surface area (Å²) in [7, 11) is 0. The molecule has 0 unspecified atom stereocenters. The van der Waals surface area contributed by atoms with Crippen molar-refractivity contribution < 1.29 is 4.74 Å². The van der Waals surface area contributed by atoms with Crippen LogP contribution in [-0.4, -0.2) is 68.8 Å². The highest BCUT2D eigenvalue weighted by atomic mass is 32.1. The maximum Gasteiger partial charge on any atom is 0.194 e. The predicted molar refractivity (Wildman–Crippen MR) is 138 cm³/mol. The molecule has 0 bridgehead atoms. The second-order valence-corrected chi connectivity index (χ2v) is 9.94. The summed E-state index contributed by atoms with van der Waals surface area (Å²) >= 11 is 7.57. The lowest BCUT2D eigenvalue weighted by molar-refractivity contribution is 0.0349. The monoisotopic (exact) mass is 490 g/mol. The van der Waals surface area contributed by atoms with Gasteiger partial charge in [-0.1, -0.05) is 29.5 Å². The van der Waals surface area contributed by atoms with Crippen molar-refractivity contribution >= 4 is 38.9 Å². The third-order valence-electron chi connectivity index (χ3n) is 6.53. The minimum absolute atomic E-state index is 0.00505. The van der Waals surface area contributed by atoms with E-state index in [1.54, 1.807) is 11.3 Å². The van der Waals surface area contributed by atoms with Crippen LogP contribution < -0.4 is 5.32 Å². The summed E-state index contributed by atoms with van der Waals surface area (Å²) in [6.45, 7) is 5.30. The van der Waals surface area contributed by atoms with E-state index in [0.717, 1.165) is 66.5 Å². The van der Waals surface area contributed by atoms with Crippen molar-refractivity contribution in [1.29, 1.82) is 0 Å². The Bertz CT molecular complexity index is 1250. The lowest BCUT2D eigenvalue weighted by atomic mass is 10.0. The standard InChI is InChI=1S/C25H26N6OS2/c33-24-28-22(19-7-3-4-10-26-19)23(31(24)13-12-29-14-16-32-17-15-29)20-8-5-11-30(20)25-27-18-6-1-2-9-21(18)34-25/h1-11,22-23H,12-17H2,(H,28,33)/t22-,23+/m0/s1. The van der Waals surface area contributed by atoms with E-state index in [1.165, 1.54) is 4.70 Å². The van der Waals surface area contributed by atoms with Gasteiger partial charge in [0.15, 0.2) is 10.2 Å². The average Bonchev–Trinajstić information content (AvgIpc) is 3.60. The Kier molecular flexibility index (Phi) is 6.00. The highest BCUT2D eigenvalue weighted by molar-refractivity contribution is 7.80.